The SMILES string of the molecule is CS(=O)(=NCc1cn2ccc(-c3noc(C(F)(F)Cl)n3)cc2n1)c1c(Cl)cccc1Cl. The number of aromatic nitrogens is 4. The Morgan fingerprint density at radius 3 is 2.58 bits per heavy atom. The van der Waals surface area contributed by atoms with Gasteiger partial charge in [0.05, 0.1) is 36.9 Å². The lowest BCUT2D eigenvalue weighted by Crippen LogP contribution is -2.03. The summed E-state index contributed by atoms with van der Waals surface area (Å²) in [6, 6.07) is 8.03. The molecule has 0 N–H and O–H groups in total. The van der Waals surface area contributed by atoms with Crippen molar-refractivity contribution in [2.24, 2.45) is 4.36 Å². The molecule has 7 nitrogen and oxygen atoms in total. The average molecular weight is 507 g/mol. The third-order valence-corrected chi connectivity index (χ3v) is 7.04. The third kappa shape index (κ3) is 4.52. The summed E-state index contributed by atoms with van der Waals surface area (Å²) in [6.07, 6.45) is 4.79. The first-order chi connectivity index (χ1) is 14.5. The van der Waals surface area contributed by atoms with Gasteiger partial charge in [0.15, 0.2) is 0 Å². The number of benzene rings is 1. The first-order valence-corrected chi connectivity index (χ1v) is 11.6. The average Bonchev–Trinajstić information content (AvgIpc) is 3.32. The quantitative estimate of drug-likeness (QED) is 0.327. The molecule has 4 aromatic rings. The molecule has 0 saturated carbocycles. The summed E-state index contributed by atoms with van der Waals surface area (Å²) >= 11 is 17.2. The standard InChI is InChI=1S/C18H12Cl3F2N5O2S/c1-31(29,15-12(19)3-2-4-13(15)20)24-8-11-9-28-6-5-10(7-14(28)25-11)16-26-17(30-27-16)18(21,22)23/h2-7,9H,8H2,1H3. The van der Waals surface area contributed by atoms with Crippen LogP contribution in [0.25, 0.3) is 17.0 Å². The largest absolute Gasteiger partial charge is 0.400 e. The normalized spacial score (nSPS) is 14.0. The minimum atomic E-state index is -3.75. The molecule has 31 heavy (non-hydrogen) atoms. The van der Waals surface area contributed by atoms with Gasteiger partial charge in [0.2, 0.25) is 5.82 Å². The fraction of sp³-hybridized carbons (Fsp3) is 0.167. The Morgan fingerprint density at radius 2 is 1.94 bits per heavy atom. The molecule has 0 aliphatic rings. The fourth-order valence-corrected chi connectivity index (χ4v) is 5.50. The van der Waals surface area contributed by atoms with Crippen LogP contribution in [-0.2, 0) is 21.7 Å². The highest BCUT2D eigenvalue weighted by Crippen LogP contribution is 2.32. The van der Waals surface area contributed by atoms with E-state index in [0.717, 1.165) is 0 Å². The van der Waals surface area contributed by atoms with E-state index in [1.165, 1.54) is 6.26 Å². The van der Waals surface area contributed by atoms with Crippen molar-refractivity contribution in [1.82, 2.24) is 19.5 Å². The van der Waals surface area contributed by atoms with Gasteiger partial charge < -0.3 is 8.92 Å². The Bertz CT molecular complexity index is 1390. The van der Waals surface area contributed by atoms with Gasteiger partial charge in [-0.3, -0.25) is 0 Å². The maximum atomic E-state index is 13.1. The molecule has 0 fully saturated rings. The summed E-state index contributed by atoms with van der Waals surface area (Å²) < 4.78 is 49.7. The molecule has 0 aliphatic heterocycles. The fourth-order valence-electron chi connectivity index (χ4n) is 2.80. The maximum absolute atomic E-state index is 13.1. The Hall–Kier alpha value is -2.27. The molecule has 0 spiro atoms. The van der Waals surface area contributed by atoms with Crippen molar-refractivity contribution in [3.05, 3.63) is 64.4 Å². The van der Waals surface area contributed by atoms with Gasteiger partial charge in [-0.25, -0.2) is 13.6 Å². The van der Waals surface area contributed by atoms with Gasteiger partial charge in [-0.15, -0.1) is 0 Å². The molecule has 0 aliphatic carbocycles. The zero-order valence-corrected chi connectivity index (χ0v) is 18.7. The van der Waals surface area contributed by atoms with Gasteiger partial charge in [-0.2, -0.15) is 13.8 Å². The second-order valence-corrected chi connectivity index (χ2v) is 10.0. The van der Waals surface area contributed by atoms with Crippen LogP contribution in [-0.4, -0.2) is 30.0 Å². The van der Waals surface area contributed by atoms with Crippen LogP contribution >= 0.6 is 34.8 Å². The van der Waals surface area contributed by atoms with Crippen molar-refractivity contribution >= 4 is 50.2 Å². The number of rotatable bonds is 5. The smallest absolute Gasteiger partial charge is 0.331 e. The van der Waals surface area contributed by atoms with E-state index >= 15 is 0 Å². The van der Waals surface area contributed by atoms with Gasteiger partial charge in [0.25, 0.3) is 0 Å². The second-order valence-electron chi connectivity index (χ2n) is 6.47. The Balaban J connectivity index is 1.64. The zero-order chi connectivity index (χ0) is 22.4. The molecule has 0 saturated heterocycles. The highest BCUT2D eigenvalue weighted by molar-refractivity contribution is 7.93. The number of imidazole rings is 1. The molecule has 0 bridgehead atoms. The van der Waals surface area contributed by atoms with Crippen LogP contribution in [0, 0.1) is 0 Å². The van der Waals surface area contributed by atoms with Crippen LogP contribution in [0.4, 0.5) is 8.78 Å². The van der Waals surface area contributed by atoms with E-state index in [0.29, 0.717) is 16.9 Å². The molecule has 3 heterocycles. The van der Waals surface area contributed by atoms with E-state index in [1.54, 1.807) is 47.1 Å². The van der Waals surface area contributed by atoms with Crippen LogP contribution in [0.2, 0.25) is 10.0 Å². The lowest BCUT2D eigenvalue weighted by Gasteiger charge is -2.08. The number of hydrogen-bond donors (Lipinski definition) is 0. The predicted octanol–water partition coefficient (Wildman–Crippen LogP) is 5.64. The molecule has 4 rings (SSSR count). The molecular formula is C18H12Cl3F2N5O2S. The van der Waals surface area contributed by atoms with Gasteiger partial charge in [-0.1, -0.05) is 34.4 Å². The van der Waals surface area contributed by atoms with Crippen LogP contribution in [0.3, 0.4) is 0 Å². The molecular weight excluding hydrogens is 495 g/mol. The second kappa shape index (κ2) is 8.01. The van der Waals surface area contributed by atoms with E-state index in [2.05, 4.69) is 24.0 Å². The molecule has 0 radical (unpaired) electrons. The van der Waals surface area contributed by atoms with Gasteiger partial charge in [-0.05, 0) is 35.9 Å². The lowest BCUT2D eigenvalue weighted by molar-refractivity contribution is 0.0551. The molecule has 1 unspecified atom stereocenters. The highest BCUT2D eigenvalue weighted by atomic mass is 35.5. The highest BCUT2D eigenvalue weighted by Gasteiger charge is 2.35. The molecule has 162 valence electrons. The number of halogens is 5. The number of fused-ring (bicyclic) bond motifs is 1. The minimum Gasteiger partial charge on any atom is -0.331 e. The van der Waals surface area contributed by atoms with Crippen LogP contribution in [0.1, 0.15) is 11.6 Å². The number of alkyl halides is 3. The van der Waals surface area contributed by atoms with Crippen molar-refractivity contribution < 1.29 is 17.5 Å². The van der Waals surface area contributed by atoms with Crippen molar-refractivity contribution in [3.63, 3.8) is 0 Å². The van der Waals surface area contributed by atoms with Crippen LogP contribution < -0.4 is 0 Å². The van der Waals surface area contributed by atoms with Crippen molar-refractivity contribution in [2.75, 3.05) is 6.26 Å². The first kappa shape index (κ1) is 21.9. The van der Waals surface area contributed by atoms with Gasteiger partial charge >= 0.3 is 11.3 Å². The summed E-state index contributed by atoms with van der Waals surface area (Å²) in [7, 11) is -2.87. The van der Waals surface area contributed by atoms with E-state index < -0.39 is 21.0 Å². The van der Waals surface area contributed by atoms with Crippen molar-refractivity contribution in [1.29, 1.82) is 0 Å². The Kier molecular flexibility index (Phi) is 5.67. The Morgan fingerprint density at radius 1 is 1.23 bits per heavy atom. The zero-order valence-electron chi connectivity index (χ0n) is 15.6. The lowest BCUT2D eigenvalue weighted by atomic mass is 10.2. The van der Waals surface area contributed by atoms with Gasteiger partial charge in [0.1, 0.15) is 5.65 Å². The van der Waals surface area contributed by atoms with Gasteiger partial charge in [0, 0.05) is 24.2 Å². The van der Waals surface area contributed by atoms with E-state index in [4.69, 9.17) is 34.8 Å². The van der Waals surface area contributed by atoms with E-state index in [-0.39, 0.29) is 27.3 Å². The minimum absolute atomic E-state index is 0.0404. The third-order valence-electron chi connectivity index (χ3n) is 4.21. The predicted molar refractivity (Wildman–Crippen MR) is 113 cm³/mol. The van der Waals surface area contributed by atoms with Crippen molar-refractivity contribution in [3.8, 4) is 11.4 Å². The topological polar surface area (TPSA) is 85.7 Å². The summed E-state index contributed by atoms with van der Waals surface area (Å²) in [5, 5.41) is 0.299. The molecule has 1 atom stereocenters. The summed E-state index contributed by atoms with van der Waals surface area (Å²) in [6.45, 7) is 0.0404. The first-order valence-electron chi connectivity index (χ1n) is 8.55. The molecule has 3 aromatic heterocycles. The van der Waals surface area contributed by atoms with Crippen molar-refractivity contribution in [2.45, 2.75) is 16.8 Å². The molecule has 13 heteroatoms. The maximum Gasteiger partial charge on any atom is 0.400 e. The van der Waals surface area contributed by atoms with E-state index in [9.17, 15) is 13.0 Å². The van der Waals surface area contributed by atoms with Crippen LogP contribution in [0.5, 0.6) is 0 Å². The Labute approximate surface area is 190 Å². The number of nitrogens with zero attached hydrogens (tertiary/aromatic N) is 5. The number of pyridine rings is 1. The molecule has 1 aromatic carbocycles. The summed E-state index contributed by atoms with van der Waals surface area (Å²) in [4.78, 5) is 8.29. The summed E-state index contributed by atoms with van der Waals surface area (Å²) in [5.74, 6) is -1.06. The van der Waals surface area contributed by atoms with Crippen LogP contribution in [0.15, 0.2) is 56.5 Å². The van der Waals surface area contributed by atoms with E-state index in [1.807, 2.05) is 0 Å². The number of hydrogen-bond acceptors (Lipinski definition) is 6. The monoisotopic (exact) mass is 505 g/mol. The molecule has 0 amide bonds. The summed E-state index contributed by atoms with van der Waals surface area (Å²) in [5.41, 5.74) is 1.40.